The van der Waals surface area contributed by atoms with Crippen molar-refractivity contribution in [2.24, 2.45) is 0 Å². The summed E-state index contributed by atoms with van der Waals surface area (Å²) in [5.74, 6) is 0.869. The molecule has 6 rings (SSSR count). The van der Waals surface area contributed by atoms with Crippen LogP contribution in [0.1, 0.15) is 28.7 Å². The SMILES string of the molecule is COc1ccc(NC2C=C3C(=CC2)c2ccccc2C3(c2ccccc2)c2ccccc2)cc1. The minimum absolute atomic E-state index is 0.202. The molecule has 4 aromatic carbocycles. The molecule has 0 radical (unpaired) electrons. The zero-order valence-electron chi connectivity index (χ0n) is 19.2. The van der Waals surface area contributed by atoms with E-state index in [1.165, 1.54) is 33.4 Å². The third-order valence-corrected chi connectivity index (χ3v) is 7.11. The van der Waals surface area contributed by atoms with Crippen molar-refractivity contribution in [3.8, 4) is 5.75 Å². The Hall–Kier alpha value is -4.04. The van der Waals surface area contributed by atoms with E-state index in [0.29, 0.717) is 0 Å². The normalized spacial score (nSPS) is 17.7. The maximum atomic E-state index is 5.33. The molecular weight excluding hydrogens is 414 g/mol. The van der Waals surface area contributed by atoms with Gasteiger partial charge in [-0.15, -0.1) is 0 Å². The van der Waals surface area contributed by atoms with E-state index < -0.39 is 0 Å². The van der Waals surface area contributed by atoms with Crippen molar-refractivity contribution in [2.75, 3.05) is 12.4 Å². The molecule has 1 unspecified atom stereocenters. The van der Waals surface area contributed by atoms with Crippen LogP contribution in [-0.4, -0.2) is 13.2 Å². The van der Waals surface area contributed by atoms with Crippen LogP contribution in [0.4, 0.5) is 5.69 Å². The fourth-order valence-electron chi connectivity index (χ4n) is 5.65. The summed E-state index contributed by atoms with van der Waals surface area (Å²) in [6, 6.07) is 39.2. The first-order chi connectivity index (χ1) is 16.8. The predicted octanol–water partition coefficient (Wildman–Crippen LogP) is 7.24. The maximum absolute atomic E-state index is 5.33. The number of methoxy groups -OCH3 is 1. The third kappa shape index (κ3) is 3.18. The number of hydrogen-bond donors (Lipinski definition) is 1. The lowest BCUT2D eigenvalue weighted by atomic mass is 9.66. The van der Waals surface area contributed by atoms with Crippen LogP contribution in [0.2, 0.25) is 0 Å². The summed E-state index contributed by atoms with van der Waals surface area (Å²) in [7, 11) is 1.70. The zero-order valence-corrected chi connectivity index (χ0v) is 19.2. The van der Waals surface area contributed by atoms with E-state index in [2.05, 4.69) is 115 Å². The van der Waals surface area contributed by atoms with E-state index in [1.54, 1.807) is 7.11 Å². The first kappa shape index (κ1) is 20.6. The number of rotatable bonds is 5. The Balaban J connectivity index is 1.54. The number of allylic oxidation sites excluding steroid dienone is 2. The van der Waals surface area contributed by atoms with E-state index in [9.17, 15) is 0 Å². The Labute approximate surface area is 201 Å². The molecule has 2 aliphatic rings. The third-order valence-electron chi connectivity index (χ3n) is 7.11. The largest absolute Gasteiger partial charge is 0.497 e. The van der Waals surface area contributed by atoms with Crippen LogP contribution in [0.25, 0.3) is 5.57 Å². The highest BCUT2D eigenvalue weighted by molar-refractivity contribution is 5.95. The molecule has 0 saturated carbocycles. The molecule has 0 aliphatic heterocycles. The van der Waals surface area contributed by atoms with Crippen LogP contribution in [-0.2, 0) is 5.41 Å². The smallest absolute Gasteiger partial charge is 0.119 e. The summed E-state index contributed by atoms with van der Waals surface area (Å²) in [6.45, 7) is 0. The van der Waals surface area contributed by atoms with Gasteiger partial charge >= 0.3 is 0 Å². The second-order valence-electron chi connectivity index (χ2n) is 8.94. The van der Waals surface area contributed by atoms with Crippen LogP contribution in [0.5, 0.6) is 5.75 Å². The average molecular weight is 442 g/mol. The molecule has 2 aliphatic carbocycles. The van der Waals surface area contributed by atoms with Gasteiger partial charge in [-0.3, -0.25) is 0 Å². The molecule has 0 bridgehead atoms. The number of nitrogens with one attached hydrogen (secondary N) is 1. The molecule has 4 aromatic rings. The van der Waals surface area contributed by atoms with Gasteiger partial charge in [0.15, 0.2) is 0 Å². The summed E-state index contributed by atoms with van der Waals surface area (Å²) >= 11 is 0. The molecule has 0 aromatic heterocycles. The molecule has 34 heavy (non-hydrogen) atoms. The fourth-order valence-corrected chi connectivity index (χ4v) is 5.65. The number of anilines is 1. The van der Waals surface area contributed by atoms with Gasteiger partial charge in [-0.05, 0) is 64.1 Å². The van der Waals surface area contributed by atoms with Crippen molar-refractivity contribution >= 4 is 11.3 Å². The Bertz CT molecular complexity index is 1330. The van der Waals surface area contributed by atoms with Crippen molar-refractivity contribution in [3.05, 3.63) is 149 Å². The quantitative estimate of drug-likeness (QED) is 0.352. The van der Waals surface area contributed by atoms with E-state index in [0.717, 1.165) is 17.9 Å². The Morgan fingerprint density at radius 1 is 0.735 bits per heavy atom. The molecule has 1 N–H and O–H groups in total. The number of ether oxygens (including phenoxy) is 1. The topological polar surface area (TPSA) is 21.3 Å². The number of benzene rings is 4. The summed E-state index contributed by atoms with van der Waals surface area (Å²) in [5.41, 5.74) is 8.77. The molecule has 0 spiro atoms. The minimum atomic E-state index is -0.342. The summed E-state index contributed by atoms with van der Waals surface area (Å²) in [6.07, 6.45) is 5.82. The van der Waals surface area contributed by atoms with Crippen molar-refractivity contribution < 1.29 is 4.74 Å². The van der Waals surface area contributed by atoms with Gasteiger partial charge in [0.2, 0.25) is 0 Å². The summed E-state index contributed by atoms with van der Waals surface area (Å²) in [5, 5.41) is 3.74. The molecule has 1 atom stereocenters. The van der Waals surface area contributed by atoms with Gasteiger partial charge in [-0.2, -0.15) is 0 Å². The van der Waals surface area contributed by atoms with Crippen LogP contribution in [0.15, 0.2) is 127 Å². The van der Waals surface area contributed by atoms with E-state index in [-0.39, 0.29) is 11.5 Å². The van der Waals surface area contributed by atoms with Gasteiger partial charge in [0.05, 0.1) is 12.5 Å². The summed E-state index contributed by atoms with van der Waals surface area (Å²) < 4.78 is 5.33. The van der Waals surface area contributed by atoms with E-state index in [1.807, 2.05) is 12.1 Å². The average Bonchev–Trinajstić information content (AvgIpc) is 3.21. The molecular formula is C32H27NO. The first-order valence-electron chi connectivity index (χ1n) is 11.8. The molecule has 0 fully saturated rings. The van der Waals surface area contributed by atoms with Crippen molar-refractivity contribution in [1.29, 1.82) is 0 Å². The van der Waals surface area contributed by atoms with Gasteiger partial charge in [-0.25, -0.2) is 0 Å². The lowest BCUT2D eigenvalue weighted by molar-refractivity contribution is 0.415. The predicted molar refractivity (Wildman–Crippen MR) is 140 cm³/mol. The Morgan fingerprint density at radius 3 is 2.00 bits per heavy atom. The number of hydrogen-bond acceptors (Lipinski definition) is 2. The number of fused-ring (bicyclic) bond motifs is 3. The lowest BCUT2D eigenvalue weighted by Crippen LogP contribution is -2.31. The monoisotopic (exact) mass is 441 g/mol. The van der Waals surface area contributed by atoms with Gasteiger partial charge in [0, 0.05) is 11.7 Å². The highest BCUT2D eigenvalue weighted by Gasteiger charge is 2.48. The minimum Gasteiger partial charge on any atom is -0.497 e. The summed E-state index contributed by atoms with van der Waals surface area (Å²) in [4.78, 5) is 0. The molecule has 0 amide bonds. The van der Waals surface area contributed by atoms with Crippen LogP contribution >= 0.6 is 0 Å². The van der Waals surface area contributed by atoms with E-state index in [4.69, 9.17) is 4.74 Å². The standard InChI is InChI=1S/C32H27NO/c1-34-27-19-16-25(17-20-27)33-26-18-21-29-28-14-8-9-15-30(28)32(31(29)22-26,23-10-4-2-5-11-23)24-12-6-3-7-13-24/h2-17,19-22,26,33H,18H2,1H3. The van der Waals surface area contributed by atoms with Crippen molar-refractivity contribution in [3.63, 3.8) is 0 Å². The van der Waals surface area contributed by atoms with E-state index >= 15 is 0 Å². The van der Waals surface area contributed by atoms with Gasteiger partial charge in [0.1, 0.15) is 5.75 Å². The van der Waals surface area contributed by atoms with Crippen LogP contribution < -0.4 is 10.1 Å². The second kappa shape index (κ2) is 8.39. The van der Waals surface area contributed by atoms with Crippen molar-refractivity contribution in [1.82, 2.24) is 0 Å². The van der Waals surface area contributed by atoms with Crippen LogP contribution in [0.3, 0.4) is 0 Å². The highest BCUT2D eigenvalue weighted by atomic mass is 16.5. The second-order valence-corrected chi connectivity index (χ2v) is 8.94. The highest BCUT2D eigenvalue weighted by Crippen LogP contribution is 2.58. The molecule has 2 nitrogen and oxygen atoms in total. The van der Waals surface area contributed by atoms with Crippen LogP contribution in [0, 0.1) is 0 Å². The molecule has 2 heteroatoms. The van der Waals surface area contributed by atoms with Crippen molar-refractivity contribution in [2.45, 2.75) is 17.9 Å². The lowest BCUT2D eigenvalue weighted by Gasteiger charge is -2.36. The fraction of sp³-hybridized carbons (Fsp3) is 0.125. The molecule has 0 heterocycles. The van der Waals surface area contributed by atoms with Gasteiger partial charge < -0.3 is 10.1 Å². The van der Waals surface area contributed by atoms with Gasteiger partial charge in [-0.1, -0.05) is 97.1 Å². The molecule has 166 valence electrons. The Kier molecular flexibility index (Phi) is 5.07. The maximum Gasteiger partial charge on any atom is 0.119 e. The van der Waals surface area contributed by atoms with Gasteiger partial charge in [0.25, 0.3) is 0 Å². The zero-order chi connectivity index (χ0) is 23.0. The molecule has 0 saturated heterocycles. The first-order valence-corrected chi connectivity index (χ1v) is 11.8. The Morgan fingerprint density at radius 2 is 1.35 bits per heavy atom.